The molecule has 23 heavy (non-hydrogen) atoms. The van der Waals surface area contributed by atoms with Gasteiger partial charge >= 0.3 is 0 Å². The molecule has 2 aromatic rings. The molecule has 0 spiro atoms. The molecule has 0 fully saturated rings. The minimum absolute atomic E-state index is 0.107. The molecular formula is C15H25N7S. The van der Waals surface area contributed by atoms with Gasteiger partial charge in [0.25, 0.3) is 0 Å². The molecule has 2 N–H and O–H groups in total. The molecule has 0 aromatic carbocycles. The minimum Gasteiger partial charge on any atom is -0.356 e. The normalized spacial score (nSPS) is 12.5. The number of aryl methyl sites for hydroxylation is 1. The van der Waals surface area contributed by atoms with Crippen molar-refractivity contribution in [2.45, 2.75) is 39.2 Å². The second kappa shape index (κ2) is 7.54. The highest BCUT2D eigenvalue weighted by atomic mass is 32.1. The number of thiazole rings is 1. The van der Waals surface area contributed by atoms with Crippen LogP contribution in [0.3, 0.4) is 0 Å². The number of aromatic nitrogens is 4. The molecule has 8 heteroatoms. The fourth-order valence-corrected chi connectivity index (χ4v) is 2.95. The van der Waals surface area contributed by atoms with E-state index in [1.807, 2.05) is 7.05 Å². The lowest BCUT2D eigenvalue weighted by Crippen LogP contribution is -2.38. The number of hydrogen-bond donors (Lipinski definition) is 2. The van der Waals surface area contributed by atoms with Gasteiger partial charge in [-0.05, 0) is 0 Å². The molecular weight excluding hydrogens is 310 g/mol. The molecule has 0 saturated heterocycles. The highest BCUT2D eigenvalue weighted by Crippen LogP contribution is 2.23. The Morgan fingerprint density at radius 2 is 2.13 bits per heavy atom. The van der Waals surface area contributed by atoms with Gasteiger partial charge in [0.15, 0.2) is 5.96 Å². The number of aliphatic imine (C=N–C) groups is 1. The van der Waals surface area contributed by atoms with Crippen LogP contribution < -0.4 is 10.6 Å². The van der Waals surface area contributed by atoms with Gasteiger partial charge in [-0.15, -0.1) is 11.3 Å². The summed E-state index contributed by atoms with van der Waals surface area (Å²) in [5, 5.41) is 13.9. The second-order valence-corrected chi connectivity index (χ2v) is 7.22. The molecule has 0 radical (unpaired) electrons. The van der Waals surface area contributed by atoms with Crippen LogP contribution in [0.2, 0.25) is 0 Å². The van der Waals surface area contributed by atoms with Gasteiger partial charge in [0.1, 0.15) is 12.2 Å². The first-order valence-electron chi connectivity index (χ1n) is 7.62. The first-order chi connectivity index (χ1) is 10.9. The average Bonchev–Trinajstić information content (AvgIpc) is 3.11. The van der Waals surface area contributed by atoms with Crippen LogP contribution in [0.1, 0.15) is 37.3 Å². The zero-order chi connectivity index (χ0) is 16.9. The van der Waals surface area contributed by atoms with Crippen molar-refractivity contribution in [1.29, 1.82) is 0 Å². The first kappa shape index (κ1) is 17.4. The molecule has 0 saturated carbocycles. The summed E-state index contributed by atoms with van der Waals surface area (Å²) >= 11 is 1.72. The smallest absolute Gasteiger partial charge is 0.191 e. The monoisotopic (exact) mass is 335 g/mol. The van der Waals surface area contributed by atoms with Crippen molar-refractivity contribution in [2.75, 3.05) is 13.6 Å². The zero-order valence-electron chi connectivity index (χ0n) is 14.4. The Morgan fingerprint density at radius 3 is 2.70 bits per heavy atom. The predicted molar refractivity (Wildman–Crippen MR) is 93.7 cm³/mol. The van der Waals surface area contributed by atoms with Crippen LogP contribution in [0.15, 0.2) is 16.7 Å². The van der Waals surface area contributed by atoms with E-state index in [2.05, 4.69) is 51.9 Å². The van der Waals surface area contributed by atoms with Crippen molar-refractivity contribution in [3.05, 3.63) is 28.2 Å². The third kappa shape index (κ3) is 5.02. The van der Waals surface area contributed by atoms with Gasteiger partial charge in [0.2, 0.25) is 0 Å². The Morgan fingerprint density at radius 1 is 1.35 bits per heavy atom. The summed E-state index contributed by atoms with van der Waals surface area (Å²) in [6.07, 6.45) is 2.42. The van der Waals surface area contributed by atoms with Crippen molar-refractivity contribution in [3.63, 3.8) is 0 Å². The van der Waals surface area contributed by atoms with E-state index in [0.29, 0.717) is 6.54 Å². The number of rotatable bonds is 5. The van der Waals surface area contributed by atoms with Crippen molar-refractivity contribution in [3.8, 4) is 0 Å². The van der Waals surface area contributed by atoms with E-state index in [1.54, 1.807) is 29.4 Å². The second-order valence-electron chi connectivity index (χ2n) is 6.28. The Bertz CT molecular complexity index is 651. The summed E-state index contributed by atoms with van der Waals surface area (Å²) in [5.74, 6) is 1.61. The quantitative estimate of drug-likeness (QED) is 0.639. The van der Waals surface area contributed by atoms with Crippen LogP contribution >= 0.6 is 11.3 Å². The molecule has 0 amide bonds. The maximum atomic E-state index is 4.70. The van der Waals surface area contributed by atoms with E-state index in [4.69, 9.17) is 4.98 Å². The Kier molecular flexibility index (Phi) is 5.70. The van der Waals surface area contributed by atoms with Crippen molar-refractivity contribution < 1.29 is 0 Å². The number of hydrogen-bond acceptors (Lipinski definition) is 5. The van der Waals surface area contributed by atoms with Crippen LogP contribution in [0, 0.1) is 0 Å². The molecule has 0 unspecified atom stereocenters. The zero-order valence-corrected chi connectivity index (χ0v) is 15.2. The van der Waals surface area contributed by atoms with Gasteiger partial charge in [-0.1, -0.05) is 20.8 Å². The number of guanidine groups is 1. The molecule has 0 aliphatic heterocycles. The van der Waals surface area contributed by atoms with Crippen molar-refractivity contribution in [1.82, 2.24) is 30.4 Å². The third-order valence-electron chi connectivity index (χ3n) is 3.39. The lowest BCUT2D eigenvalue weighted by Gasteiger charge is -2.14. The SMILES string of the molecule is CN=C(NCCc1nc(C(C)(C)C)cs1)NCc1ncnn1C. The molecule has 0 atom stereocenters. The minimum atomic E-state index is 0.107. The lowest BCUT2D eigenvalue weighted by molar-refractivity contribution is 0.570. The summed E-state index contributed by atoms with van der Waals surface area (Å²) in [6, 6.07) is 0. The van der Waals surface area contributed by atoms with Gasteiger partial charge in [0.05, 0.1) is 17.2 Å². The molecule has 2 rings (SSSR count). The maximum Gasteiger partial charge on any atom is 0.191 e. The van der Waals surface area contributed by atoms with Crippen LogP contribution in [0.25, 0.3) is 0 Å². The maximum absolute atomic E-state index is 4.70. The van der Waals surface area contributed by atoms with E-state index in [-0.39, 0.29) is 5.41 Å². The number of nitrogens with zero attached hydrogens (tertiary/aromatic N) is 5. The number of nitrogens with one attached hydrogen (secondary N) is 2. The average molecular weight is 335 g/mol. The predicted octanol–water partition coefficient (Wildman–Crippen LogP) is 1.48. The van der Waals surface area contributed by atoms with Gasteiger partial charge in [-0.3, -0.25) is 9.67 Å². The van der Waals surface area contributed by atoms with Gasteiger partial charge in [0, 0.05) is 37.9 Å². The van der Waals surface area contributed by atoms with E-state index in [0.717, 1.165) is 35.5 Å². The summed E-state index contributed by atoms with van der Waals surface area (Å²) < 4.78 is 1.74. The summed E-state index contributed by atoms with van der Waals surface area (Å²) in [7, 11) is 3.63. The standard InChI is InChI=1S/C15H25N7S/c1-15(2,3)11-9-23-13(21-11)6-7-17-14(16-4)18-8-12-19-10-20-22(12)5/h9-10H,6-8H2,1-5H3,(H2,16,17,18). The fourth-order valence-electron chi connectivity index (χ4n) is 1.92. The van der Waals surface area contributed by atoms with Gasteiger partial charge in [-0.25, -0.2) is 9.97 Å². The summed E-state index contributed by atoms with van der Waals surface area (Å²) in [4.78, 5) is 13.1. The van der Waals surface area contributed by atoms with Crippen molar-refractivity contribution in [2.24, 2.45) is 12.0 Å². The molecule has 2 heterocycles. The van der Waals surface area contributed by atoms with E-state index in [1.165, 1.54) is 0 Å². The largest absolute Gasteiger partial charge is 0.356 e. The van der Waals surface area contributed by atoms with E-state index >= 15 is 0 Å². The molecule has 2 aromatic heterocycles. The van der Waals surface area contributed by atoms with E-state index in [9.17, 15) is 0 Å². The Balaban J connectivity index is 1.78. The molecule has 0 aliphatic carbocycles. The Hall–Kier alpha value is -1.96. The molecule has 0 bridgehead atoms. The summed E-state index contributed by atoms with van der Waals surface area (Å²) in [5.41, 5.74) is 1.26. The van der Waals surface area contributed by atoms with Crippen LogP contribution in [0.5, 0.6) is 0 Å². The van der Waals surface area contributed by atoms with Gasteiger partial charge < -0.3 is 10.6 Å². The van der Waals surface area contributed by atoms with Crippen LogP contribution in [0.4, 0.5) is 0 Å². The lowest BCUT2D eigenvalue weighted by atomic mass is 9.93. The van der Waals surface area contributed by atoms with Crippen molar-refractivity contribution >= 4 is 17.3 Å². The highest BCUT2D eigenvalue weighted by molar-refractivity contribution is 7.09. The fraction of sp³-hybridized carbons (Fsp3) is 0.600. The Labute approximate surface area is 141 Å². The van der Waals surface area contributed by atoms with Crippen LogP contribution in [-0.2, 0) is 25.4 Å². The summed E-state index contributed by atoms with van der Waals surface area (Å²) in [6.45, 7) is 7.92. The van der Waals surface area contributed by atoms with E-state index < -0.39 is 0 Å². The molecule has 7 nitrogen and oxygen atoms in total. The van der Waals surface area contributed by atoms with Gasteiger partial charge in [-0.2, -0.15) is 5.10 Å². The highest BCUT2D eigenvalue weighted by Gasteiger charge is 2.17. The van der Waals surface area contributed by atoms with Crippen LogP contribution in [-0.4, -0.2) is 39.3 Å². The molecule has 126 valence electrons. The topological polar surface area (TPSA) is 80.0 Å². The first-order valence-corrected chi connectivity index (χ1v) is 8.50. The third-order valence-corrected chi connectivity index (χ3v) is 4.30. The molecule has 0 aliphatic rings.